The molecular formula is C41H49N5O10S. The topological polar surface area (TPSA) is 192 Å². The Kier molecular flexibility index (Phi) is 11.2. The SMILES string of the molecule is COc1ccc2c(O[C@@H]3C[C@H]4C(=O)N[C@]5(C(=O)NS(=O)(=O)C6CC6)C[C@H]5/C=C\CCCOC[C@H](NC(=O)OC(C)(C)C)C(=O)N4C3)nc(-c3ccccc3)cc2c1. The maximum Gasteiger partial charge on any atom is 0.408 e. The first kappa shape index (κ1) is 40.0. The molecule has 3 aromatic rings. The third kappa shape index (κ3) is 9.17. The summed E-state index contributed by atoms with van der Waals surface area (Å²) in [5, 5.41) is 6.32. The number of nitrogens with zero attached hydrogens (tertiary/aromatic N) is 2. The lowest BCUT2D eigenvalue weighted by Gasteiger charge is -2.30. The van der Waals surface area contributed by atoms with Crippen molar-refractivity contribution in [2.24, 2.45) is 5.92 Å². The molecule has 15 nitrogen and oxygen atoms in total. The summed E-state index contributed by atoms with van der Waals surface area (Å²) in [7, 11) is -2.34. The number of carbonyl (C=O) groups is 4. The number of aromatic nitrogens is 1. The minimum Gasteiger partial charge on any atom is -0.497 e. The maximum atomic E-state index is 14.5. The van der Waals surface area contributed by atoms with Crippen molar-refractivity contribution in [3.05, 3.63) is 66.7 Å². The van der Waals surface area contributed by atoms with Crippen LogP contribution in [0.25, 0.3) is 22.0 Å². The van der Waals surface area contributed by atoms with E-state index in [-0.39, 0.29) is 38.5 Å². The molecule has 0 radical (unpaired) electrons. The van der Waals surface area contributed by atoms with E-state index in [4.69, 9.17) is 23.9 Å². The van der Waals surface area contributed by atoms with Crippen LogP contribution in [0.5, 0.6) is 11.6 Å². The van der Waals surface area contributed by atoms with Gasteiger partial charge in [0.25, 0.3) is 5.91 Å². The predicted molar refractivity (Wildman–Crippen MR) is 210 cm³/mol. The number of sulfonamides is 1. The van der Waals surface area contributed by atoms with Crippen molar-refractivity contribution >= 4 is 44.6 Å². The maximum absolute atomic E-state index is 14.5. The number of hydrogen-bond donors (Lipinski definition) is 3. The van der Waals surface area contributed by atoms with Crippen LogP contribution in [0.1, 0.15) is 59.3 Å². The molecule has 4 amide bonds. The Balaban J connectivity index is 1.23. The van der Waals surface area contributed by atoms with Crippen LogP contribution in [0.2, 0.25) is 0 Å². The van der Waals surface area contributed by atoms with Crippen molar-refractivity contribution in [3.8, 4) is 22.9 Å². The van der Waals surface area contributed by atoms with Crippen LogP contribution in [0.15, 0.2) is 66.7 Å². The zero-order valence-electron chi connectivity index (χ0n) is 32.5. The first-order chi connectivity index (χ1) is 27.2. The number of hydrogen-bond acceptors (Lipinski definition) is 11. The molecule has 16 heteroatoms. The third-order valence-corrected chi connectivity index (χ3v) is 12.3. The van der Waals surface area contributed by atoms with E-state index < -0.39 is 74.3 Å². The Labute approximate surface area is 331 Å². The molecule has 57 heavy (non-hydrogen) atoms. The number of methoxy groups -OCH3 is 1. The average molecular weight is 804 g/mol. The van der Waals surface area contributed by atoms with Crippen molar-refractivity contribution < 1.29 is 46.5 Å². The van der Waals surface area contributed by atoms with E-state index in [1.54, 1.807) is 33.9 Å². The van der Waals surface area contributed by atoms with E-state index in [0.717, 1.165) is 10.9 Å². The second-order valence-corrected chi connectivity index (χ2v) is 18.0. The summed E-state index contributed by atoms with van der Waals surface area (Å²) in [6, 6.07) is 14.5. The molecule has 304 valence electrons. The van der Waals surface area contributed by atoms with Crippen LogP contribution in [0.3, 0.4) is 0 Å². The number of ether oxygens (including phenoxy) is 4. The third-order valence-electron chi connectivity index (χ3n) is 10.5. The molecule has 4 aliphatic rings. The molecule has 2 aliphatic carbocycles. The summed E-state index contributed by atoms with van der Waals surface area (Å²) in [5.41, 5.74) is -0.924. The van der Waals surface area contributed by atoms with Gasteiger partial charge in [-0.25, -0.2) is 18.2 Å². The van der Waals surface area contributed by atoms with Crippen LogP contribution in [0, 0.1) is 5.92 Å². The van der Waals surface area contributed by atoms with Gasteiger partial charge in [0.05, 0.1) is 31.2 Å². The Morgan fingerprint density at radius 1 is 1.07 bits per heavy atom. The van der Waals surface area contributed by atoms with E-state index >= 15 is 0 Å². The smallest absolute Gasteiger partial charge is 0.408 e. The molecule has 0 unspecified atom stereocenters. The molecule has 3 fully saturated rings. The van der Waals surface area contributed by atoms with E-state index in [1.165, 1.54) is 4.90 Å². The summed E-state index contributed by atoms with van der Waals surface area (Å²) in [5.74, 6) is -1.68. The van der Waals surface area contributed by atoms with Crippen LogP contribution >= 0.6 is 0 Å². The van der Waals surface area contributed by atoms with Crippen molar-refractivity contribution in [2.45, 2.75) is 93.9 Å². The predicted octanol–water partition coefficient (Wildman–Crippen LogP) is 4.00. The fourth-order valence-corrected chi connectivity index (χ4v) is 8.63. The van der Waals surface area contributed by atoms with Gasteiger partial charge < -0.3 is 34.5 Å². The molecule has 0 spiro atoms. The Bertz CT molecular complexity index is 2170. The second kappa shape index (κ2) is 16.0. The highest BCUT2D eigenvalue weighted by molar-refractivity contribution is 7.91. The molecule has 2 aromatic carbocycles. The van der Waals surface area contributed by atoms with Gasteiger partial charge in [-0.3, -0.25) is 19.1 Å². The van der Waals surface area contributed by atoms with Crippen molar-refractivity contribution in [2.75, 3.05) is 26.9 Å². The monoisotopic (exact) mass is 803 g/mol. The Hall–Kier alpha value is -5.22. The standard InChI is InChI=1S/C41H49N5O10S/c1-40(2,3)56-39(50)43-33-24-54-18-10-6-9-13-27-22-41(27,38(49)45-57(51,52)30-15-16-30)44-35(47)34-21-29(23-46(34)37(33)48)55-36-31-17-14-28(53-4)19-26(31)20-32(42-36)25-11-7-5-8-12-25/h5,7-9,11-14,17,19-20,27,29-30,33-34H,6,10,15-16,18,21-24H2,1-4H3,(H,43,50)(H,44,47)(H,45,49)/b13-9-/t27-,29-,33+,34+,41-/m1/s1. The number of nitrogens with one attached hydrogen (secondary N) is 3. The summed E-state index contributed by atoms with van der Waals surface area (Å²) in [6.45, 7) is 5.08. The molecule has 5 atom stereocenters. The van der Waals surface area contributed by atoms with Gasteiger partial charge >= 0.3 is 6.09 Å². The van der Waals surface area contributed by atoms with Crippen LogP contribution in [-0.4, -0.2) is 104 Å². The number of pyridine rings is 1. The van der Waals surface area contributed by atoms with Gasteiger partial charge in [-0.05, 0) is 82.5 Å². The Morgan fingerprint density at radius 2 is 1.84 bits per heavy atom. The van der Waals surface area contributed by atoms with Crippen molar-refractivity contribution in [1.82, 2.24) is 25.2 Å². The number of benzene rings is 2. The lowest BCUT2D eigenvalue weighted by molar-refractivity contribution is -0.142. The van der Waals surface area contributed by atoms with Crippen molar-refractivity contribution in [1.29, 1.82) is 0 Å². The summed E-state index contributed by atoms with van der Waals surface area (Å²) < 4.78 is 51.4. The van der Waals surface area contributed by atoms with E-state index in [9.17, 15) is 27.6 Å². The molecule has 1 aromatic heterocycles. The van der Waals surface area contributed by atoms with Gasteiger partial charge in [-0.2, -0.15) is 0 Å². The van der Waals surface area contributed by atoms with Gasteiger partial charge in [0.15, 0.2) is 0 Å². The minimum absolute atomic E-state index is 0.00887. The molecule has 0 bridgehead atoms. The molecule has 1 saturated heterocycles. The summed E-state index contributed by atoms with van der Waals surface area (Å²) >= 11 is 0. The quantitative estimate of drug-likeness (QED) is 0.279. The normalized spacial score (nSPS) is 26.1. The largest absolute Gasteiger partial charge is 0.497 e. The Morgan fingerprint density at radius 3 is 2.56 bits per heavy atom. The number of carbonyl (C=O) groups excluding carboxylic acids is 4. The number of allylic oxidation sites excluding steroid dienone is 1. The second-order valence-electron chi connectivity index (χ2n) is 16.0. The number of rotatable bonds is 8. The zero-order chi connectivity index (χ0) is 40.5. The van der Waals surface area contributed by atoms with E-state index in [1.807, 2.05) is 60.7 Å². The first-order valence-electron chi connectivity index (χ1n) is 19.3. The van der Waals surface area contributed by atoms with Crippen LogP contribution in [0.4, 0.5) is 4.79 Å². The fraction of sp³-hybridized carbons (Fsp3) is 0.488. The van der Waals surface area contributed by atoms with Gasteiger partial charge in [0, 0.05) is 29.9 Å². The molecule has 7 rings (SSSR count). The minimum atomic E-state index is -3.92. The highest BCUT2D eigenvalue weighted by Crippen LogP contribution is 2.46. The van der Waals surface area contributed by atoms with Gasteiger partial charge in [0.1, 0.15) is 35.1 Å². The highest BCUT2D eigenvalue weighted by Gasteiger charge is 2.62. The number of fused-ring (bicyclic) bond motifs is 3. The number of amides is 4. The fourth-order valence-electron chi connectivity index (χ4n) is 7.27. The highest BCUT2D eigenvalue weighted by atomic mass is 32.2. The zero-order valence-corrected chi connectivity index (χ0v) is 33.3. The molecular weight excluding hydrogens is 755 g/mol. The lowest BCUT2D eigenvalue weighted by atomic mass is 10.1. The molecule has 3 heterocycles. The molecule has 2 aliphatic heterocycles. The average Bonchev–Trinajstić information content (AvgIpc) is 4.09. The molecule has 2 saturated carbocycles. The summed E-state index contributed by atoms with van der Waals surface area (Å²) in [4.78, 5) is 62.0. The van der Waals surface area contributed by atoms with Gasteiger partial charge in [-0.1, -0.05) is 42.5 Å². The van der Waals surface area contributed by atoms with E-state index in [2.05, 4.69) is 15.4 Å². The number of alkyl carbamates (subject to hydrolysis) is 1. The van der Waals surface area contributed by atoms with Crippen LogP contribution in [-0.2, 0) is 33.9 Å². The van der Waals surface area contributed by atoms with Crippen LogP contribution < -0.4 is 24.8 Å². The first-order valence-corrected chi connectivity index (χ1v) is 20.8. The van der Waals surface area contributed by atoms with Gasteiger partial charge in [0.2, 0.25) is 27.7 Å². The summed E-state index contributed by atoms with van der Waals surface area (Å²) in [6.07, 6.45) is 4.28. The van der Waals surface area contributed by atoms with Gasteiger partial charge in [-0.15, -0.1) is 0 Å². The molecule has 3 N–H and O–H groups in total. The van der Waals surface area contributed by atoms with E-state index in [0.29, 0.717) is 42.5 Å². The van der Waals surface area contributed by atoms with Crippen molar-refractivity contribution in [3.63, 3.8) is 0 Å². The lowest BCUT2D eigenvalue weighted by Crippen LogP contribution is -2.59.